The minimum absolute atomic E-state index is 0.0149. The molecule has 7 nitrogen and oxygen atoms in total. The molecule has 0 aliphatic rings. The van der Waals surface area contributed by atoms with Crippen molar-refractivity contribution in [3.05, 3.63) is 74.8 Å². The van der Waals surface area contributed by atoms with Crippen LogP contribution in [0.4, 0.5) is 18.9 Å². The first-order chi connectivity index (χ1) is 13.5. The van der Waals surface area contributed by atoms with E-state index in [0.717, 1.165) is 24.3 Å². The number of carboxylic acids is 1. The molecule has 1 unspecified atom stereocenters. The van der Waals surface area contributed by atoms with Crippen LogP contribution in [0.5, 0.6) is 0 Å². The standard InChI is InChI=1S/C19H17F3N2O5/c1-11(14-10-13(18(26)27)6-8-16(14)24(28)29)23-17(25)9-7-12-4-2-3-5-15(12)19(20,21)22/h2-6,8,10-11H,7,9H2,1H3,(H,23,25)(H,26,27). The fourth-order valence-electron chi connectivity index (χ4n) is 2.86. The monoisotopic (exact) mass is 410 g/mol. The highest BCUT2D eigenvalue weighted by Crippen LogP contribution is 2.32. The van der Waals surface area contributed by atoms with Crippen LogP contribution < -0.4 is 5.32 Å². The Balaban J connectivity index is 2.13. The zero-order valence-corrected chi connectivity index (χ0v) is 15.2. The molecule has 0 bridgehead atoms. The number of halogens is 3. The van der Waals surface area contributed by atoms with Crippen LogP contribution in [0.15, 0.2) is 42.5 Å². The van der Waals surface area contributed by atoms with Gasteiger partial charge in [-0.1, -0.05) is 18.2 Å². The maximum absolute atomic E-state index is 13.0. The third-order valence-corrected chi connectivity index (χ3v) is 4.26. The third kappa shape index (κ3) is 5.53. The first-order valence-corrected chi connectivity index (χ1v) is 8.46. The predicted octanol–water partition coefficient (Wildman–Crippen LogP) is 4.12. The van der Waals surface area contributed by atoms with Crippen LogP contribution in [0.1, 0.15) is 46.4 Å². The van der Waals surface area contributed by atoms with Crippen molar-refractivity contribution in [3.63, 3.8) is 0 Å². The number of carbonyl (C=O) groups is 2. The van der Waals surface area contributed by atoms with Gasteiger partial charge in [0.15, 0.2) is 0 Å². The highest BCUT2D eigenvalue weighted by molar-refractivity contribution is 5.88. The van der Waals surface area contributed by atoms with Crippen molar-refractivity contribution in [1.29, 1.82) is 0 Å². The van der Waals surface area contributed by atoms with Crippen molar-refractivity contribution in [3.8, 4) is 0 Å². The Morgan fingerprint density at radius 2 is 1.86 bits per heavy atom. The molecular weight excluding hydrogens is 393 g/mol. The molecule has 2 rings (SSSR count). The zero-order valence-electron chi connectivity index (χ0n) is 15.2. The van der Waals surface area contributed by atoms with Gasteiger partial charge in [-0.3, -0.25) is 14.9 Å². The molecule has 1 atom stereocenters. The van der Waals surface area contributed by atoms with Gasteiger partial charge >= 0.3 is 12.1 Å². The van der Waals surface area contributed by atoms with E-state index >= 15 is 0 Å². The predicted molar refractivity (Wildman–Crippen MR) is 96.4 cm³/mol. The summed E-state index contributed by atoms with van der Waals surface area (Å²) in [7, 11) is 0. The first-order valence-electron chi connectivity index (χ1n) is 8.46. The van der Waals surface area contributed by atoms with Gasteiger partial charge in [0.1, 0.15) is 0 Å². The molecule has 2 aromatic carbocycles. The smallest absolute Gasteiger partial charge is 0.416 e. The number of nitrogens with one attached hydrogen (secondary N) is 1. The van der Waals surface area contributed by atoms with Gasteiger partial charge in [-0.25, -0.2) is 4.79 Å². The molecule has 2 N–H and O–H groups in total. The number of aromatic carboxylic acids is 1. The number of hydrogen-bond donors (Lipinski definition) is 2. The van der Waals surface area contributed by atoms with Gasteiger partial charge < -0.3 is 10.4 Å². The Kier molecular flexibility index (Phi) is 6.57. The van der Waals surface area contributed by atoms with Gasteiger partial charge in [-0.2, -0.15) is 13.2 Å². The van der Waals surface area contributed by atoms with E-state index in [4.69, 9.17) is 5.11 Å². The molecule has 0 heterocycles. The highest BCUT2D eigenvalue weighted by Gasteiger charge is 2.32. The van der Waals surface area contributed by atoms with Gasteiger partial charge in [-0.15, -0.1) is 0 Å². The summed E-state index contributed by atoms with van der Waals surface area (Å²) in [6, 6.07) is 7.17. The second kappa shape index (κ2) is 8.72. The molecule has 0 radical (unpaired) electrons. The van der Waals surface area contributed by atoms with E-state index < -0.39 is 34.6 Å². The first kappa shape index (κ1) is 21.9. The van der Waals surface area contributed by atoms with Crippen molar-refractivity contribution in [2.75, 3.05) is 0 Å². The Labute approximate surface area is 163 Å². The maximum atomic E-state index is 13.0. The fourth-order valence-corrected chi connectivity index (χ4v) is 2.86. The summed E-state index contributed by atoms with van der Waals surface area (Å²) in [6.07, 6.45) is -4.99. The van der Waals surface area contributed by atoms with E-state index in [2.05, 4.69) is 5.32 Å². The van der Waals surface area contributed by atoms with Crippen LogP contribution in [0.2, 0.25) is 0 Å². The van der Waals surface area contributed by atoms with Gasteiger partial charge in [0.2, 0.25) is 5.91 Å². The minimum Gasteiger partial charge on any atom is -0.478 e. The number of alkyl halides is 3. The van der Waals surface area contributed by atoms with Gasteiger partial charge in [-0.05, 0) is 37.1 Å². The number of benzene rings is 2. The van der Waals surface area contributed by atoms with Crippen LogP contribution in [0.25, 0.3) is 0 Å². The van der Waals surface area contributed by atoms with E-state index in [9.17, 15) is 32.9 Å². The Morgan fingerprint density at radius 1 is 1.21 bits per heavy atom. The number of hydrogen-bond acceptors (Lipinski definition) is 4. The number of nitro benzene ring substituents is 1. The summed E-state index contributed by atoms with van der Waals surface area (Å²) >= 11 is 0. The zero-order chi connectivity index (χ0) is 21.8. The SMILES string of the molecule is CC(NC(=O)CCc1ccccc1C(F)(F)F)c1cc(C(=O)O)ccc1[N+](=O)[O-]. The molecule has 0 aliphatic heterocycles. The number of amides is 1. The Hall–Kier alpha value is -3.43. The van der Waals surface area contributed by atoms with Crippen LogP contribution in [0, 0.1) is 10.1 Å². The number of nitro groups is 1. The molecule has 29 heavy (non-hydrogen) atoms. The van der Waals surface area contributed by atoms with Crippen molar-refractivity contribution in [1.82, 2.24) is 5.32 Å². The number of aryl methyl sites for hydroxylation is 1. The molecular formula is C19H17F3N2O5. The van der Waals surface area contributed by atoms with E-state index in [0.29, 0.717) is 0 Å². The third-order valence-electron chi connectivity index (χ3n) is 4.26. The molecule has 0 aliphatic carbocycles. The van der Waals surface area contributed by atoms with Gasteiger partial charge in [0.05, 0.1) is 27.7 Å². The Bertz CT molecular complexity index is 944. The Morgan fingerprint density at radius 3 is 2.45 bits per heavy atom. The van der Waals surface area contributed by atoms with Crippen molar-refractivity contribution < 1.29 is 32.8 Å². The molecule has 154 valence electrons. The summed E-state index contributed by atoms with van der Waals surface area (Å²) in [4.78, 5) is 33.8. The molecule has 10 heteroatoms. The maximum Gasteiger partial charge on any atom is 0.416 e. The summed E-state index contributed by atoms with van der Waals surface area (Å²) in [6.45, 7) is 1.43. The second-order valence-corrected chi connectivity index (χ2v) is 6.28. The van der Waals surface area contributed by atoms with Gasteiger partial charge in [0, 0.05) is 12.5 Å². The number of nitrogens with zero attached hydrogens (tertiary/aromatic N) is 1. The lowest BCUT2D eigenvalue weighted by atomic mass is 10.0. The van der Waals surface area contributed by atoms with Crippen molar-refractivity contribution in [2.24, 2.45) is 0 Å². The molecule has 0 aromatic heterocycles. The molecule has 0 spiro atoms. The average Bonchev–Trinajstić information content (AvgIpc) is 2.65. The summed E-state index contributed by atoms with van der Waals surface area (Å²) in [5.41, 5.74) is -1.44. The molecule has 1 amide bonds. The largest absolute Gasteiger partial charge is 0.478 e. The normalized spacial score (nSPS) is 12.3. The lowest BCUT2D eigenvalue weighted by molar-refractivity contribution is -0.385. The molecule has 0 saturated heterocycles. The average molecular weight is 410 g/mol. The van der Waals surface area contributed by atoms with E-state index in [1.165, 1.54) is 25.1 Å². The second-order valence-electron chi connectivity index (χ2n) is 6.28. The quantitative estimate of drug-likeness (QED) is 0.527. The fraction of sp³-hybridized carbons (Fsp3) is 0.263. The molecule has 2 aromatic rings. The number of carbonyl (C=O) groups excluding carboxylic acids is 1. The van der Waals surface area contributed by atoms with E-state index in [1.54, 1.807) is 0 Å². The number of carboxylic acid groups (broad SMARTS) is 1. The minimum atomic E-state index is -4.54. The molecule has 0 saturated carbocycles. The van der Waals surface area contributed by atoms with E-state index in [1.807, 2.05) is 0 Å². The van der Waals surface area contributed by atoms with Crippen LogP contribution in [-0.4, -0.2) is 21.9 Å². The van der Waals surface area contributed by atoms with Gasteiger partial charge in [0.25, 0.3) is 5.69 Å². The number of rotatable bonds is 7. The van der Waals surface area contributed by atoms with Crippen LogP contribution >= 0.6 is 0 Å². The van der Waals surface area contributed by atoms with Crippen LogP contribution in [0.3, 0.4) is 0 Å². The van der Waals surface area contributed by atoms with Crippen molar-refractivity contribution in [2.45, 2.75) is 32.0 Å². The lowest BCUT2D eigenvalue weighted by Gasteiger charge is -2.16. The highest BCUT2D eigenvalue weighted by atomic mass is 19.4. The van der Waals surface area contributed by atoms with Crippen LogP contribution in [-0.2, 0) is 17.4 Å². The summed E-state index contributed by atoms with van der Waals surface area (Å²) in [5.74, 6) is -1.91. The van der Waals surface area contributed by atoms with E-state index in [-0.39, 0.29) is 35.2 Å². The summed E-state index contributed by atoms with van der Waals surface area (Å²) < 4.78 is 39.0. The van der Waals surface area contributed by atoms with Crippen molar-refractivity contribution >= 4 is 17.6 Å². The molecule has 0 fully saturated rings. The topological polar surface area (TPSA) is 110 Å². The lowest BCUT2D eigenvalue weighted by Crippen LogP contribution is -2.27. The summed E-state index contributed by atoms with van der Waals surface area (Å²) in [5, 5.41) is 22.7.